The summed E-state index contributed by atoms with van der Waals surface area (Å²) in [4.78, 5) is 5.68. The SMILES string of the molecule is CC(C)(C)c1ccc(CNC2CCN(C3CC3)CC2)s1. The van der Waals surface area contributed by atoms with Gasteiger partial charge in [-0.2, -0.15) is 0 Å². The molecule has 1 aromatic heterocycles. The molecule has 2 aliphatic rings. The molecular formula is C17H28N2S. The lowest BCUT2D eigenvalue weighted by Gasteiger charge is -2.32. The van der Waals surface area contributed by atoms with Crippen LogP contribution in [-0.4, -0.2) is 30.1 Å². The number of nitrogens with zero attached hydrogens (tertiary/aromatic N) is 1. The fourth-order valence-corrected chi connectivity index (χ4v) is 4.05. The van der Waals surface area contributed by atoms with Crippen LogP contribution < -0.4 is 5.32 Å². The van der Waals surface area contributed by atoms with E-state index in [1.54, 1.807) is 0 Å². The second-order valence-electron chi connectivity index (χ2n) is 7.44. The molecule has 1 saturated carbocycles. The Labute approximate surface area is 127 Å². The summed E-state index contributed by atoms with van der Waals surface area (Å²) in [6.45, 7) is 10.5. The molecule has 0 aromatic carbocycles. The van der Waals surface area contributed by atoms with Gasteiger partial charge in [0.1, 0.15) is 0 Å². The van der Waals surface area contributed by atoms with Crippen molar-refractivity contribution in [3.05, 3.63) is 21.9 Å². The van der Waals surface area contributed by atoms with E-state index in [-0.39, 0.29) is 0 Å². The van der Waals surface area contributed by atoms with E-state index >= 15 is 0 Å². The van der Waals surface area contributed by atoms with Gasteiger partial charge in [0, 0.05) is 28.4 Å². The van der Waals surface area contributed by atoms with Crippen molar-refractivity contribution in [2.45, 2.75) is 70.5 Å². The molecule has 3 rings (SSSR count). The van der Waals surface area contributed by atoms with Gasteiger partial charge < -0.3 is 10.2 Å². The maximum atomic E-state index is 3.77. The van der Waals surface area contributed by atoms with Crippen LogP contribution in [0.4, 0.5) is 0 Å². The summed E-state index contributed by atoms with van der Waals surface area (Å²) in [7, 11) is 0. The van der Waals surface area contributed by atoms with Crippen molar-refractivity contribution in [3.63, 3.8) is 0 Å². The first-order valence-electron chi connectivity index (χ1n) is 8.09. The van der Waals surface area contributed by atoms with Crippen molar-refractivity contribution in [3.8, 4) is 0 Å². The maximum absolute atomic E-state index is 3.77. The normalized spacial score (nSPS) is 22.4. The van der Waals surface area contributed by atoms with Crippen LogP contribution in [0.15, 0.2) is 12.1 Å². The van der Waals surface area contributed by atoms with Crippen molar-refractivity contribution >= 4 is 11.3 Å². The van der Waals surface area contributed by atoms with Crippen LogP contribution >= 0.6 is 11.3 Å². The number of piperidine rings is 1. The second-order valence-corrected chi connectivity index (χ2v) is 8.61. The second kappa shape index (κ2) is 5.78. The molecule has 1 N–H and O–H groups in total. The summed E-state index contributed by atoms with van der Waals surface area (Å²) >= 11 is 1.97. The molecule has 0 radical (unpaired) electrons. The van der Waals surface area contributed by atoms with Gasteiger partial charge in [-0.15, -0.1) is 11.3 Å². The average Bonchev–Trinajstić information content (AvgIpc) is 3.14. The molecule has 0 amide bonds. The third-order valence-electron chi connectivity index (χ3n) is 4.56. The quantitative estimate of drug-likeness (QED) is 0.909. The molecule has 20 heavy (non-hydrogen) atoms. The van der Waals surface area contributed by atoms with Gasteiger partial charge in [-0.05, 0) is 56.3 Å². The number of likely N-dealkylation sites (tertiary alicyclic amines) is 1. The molecule has 3 heteroatoms. The number of hydrogen-bond acceptors (Lipinski definition) is 3. The molecule has 0 unspecified atom stereocenters. The molecular weight excluding hydrogens is 264 g/mol. The van der Waals surface area contributed by atoms with Crippen molar-refractivity contribution in [1.29, 1.82) is 0 Å². The zero-order chi connectivity index (χ0) is 14.2. The van der Waals surface area contributed by atoms with E-state index in [9.17, 15) is 0 Å². The summed E-state index contributed by atoms with van der Waals surface area (Å²) in [5.41, 5.74) is 0.290. The lowest BCUT2D eigenvalue weighted by atomic mass is 9.95. The van der Waals surface area contributed by atoms with Gasteiger partial charge in [-0.3, -0.25) is 0 Å². The Hall–Kier alpha value is -0.380. The fourth-order valence-electron chi connectivity index (χ4n) is 3.03. The Morgan fingerprint density at radius 2 is 1.85 bits per heavy atom. The molecule has 0 bridgehead atoms. The first-order valence-corrected chi connectivity index (χ1v) is 8.90. The maximum Gasteiger partial charge on any atom is 0.0302 e. The Kier molecular flexibility index (Phi) is 4.21. The van der Waals surface area contributed by atoms with Gasteiger partial charge in [0.2, 0.25) is 0 Å². The van der Waals surface area contributed by atoms with Crippen molar-refractivity contribution in [2.75, 3.05) is 13.1 Å². The van der Waals surface area contributed by atoms with E-state index in [4.69, 9.17) is 0 Å². The molecule has 0 atom stereocenters. The Morgan fingerprint density at radius 1 is 1.15 bits per heavy atom. The Balaban J connectivity index is 1.44. The van der Waals surface area contributed by atoms with Gasteiger partial charge in [-0.1, -0.05) is 20.8 Å². The molecule has 1 aromatic rings. The fraction of sp³-hybridized carbons (Fsp3) is 0.765. The summed E-state index contributed by atoms with van der Waals surface area (Å²) in [6.07, 6.45) is 5.55. The molecule has 1 aliphatic heterocycles. The van der Waals surface area contributed by atoms with E-state index in [2.05, 4.69) is 43.1 Å². The molecule has 1 aliphatic carbocycles. The van der Waals surface area contributed by atoms with E-state index in [0.717, 1.165) is 18.6 Å². The predicted molar refractivity (Wildman–Crippen MR) is 87.5 cm³/mol. The van der Waals surface area contributed by atoms with Crippen molar-refractivity contribution < 1.29 is 0 Å². The first kappa shape index (κ1) is 14.6. The topological polar surface area (TPSA) is 15.3 Å². The van der Waals surface area contributed by atoms with Gasteiger partial charge in [-0.25, -0.2) is 0 Å². The standard InChI is InChI=1S/C17H28N2S/c1-17(2,3)16-7-6-15(20-16)12-18-13-8-10-19(11-9-13)14-4-5-14/h6-7,13-14,18H,4-5,8-12H2,1-3H3. The molecule has 2 heterocycles. The highest BCUT2D eigenvalue weighted by Gasteiger charge is 2.31. The minimum Gasteiger partial charge on any atom is -0.309 e. The van der Waals surface area contributed by atoms with Crippen LogP contribution in [0.3, 0.4) is 0 Å². The number of hydrogen-bond donors (Lipinski definition) is 1. The lowest BCUT2D eigenvalue weighted by molar-refractivity contribution is 0.189. The molecule has 2 nitrogen and oxygen atoms in total. The Morgan fingerprint density at radius 3 is 2.40 bits per heavy atom. The van der Waals surface area contributed by atoms with Gasteiger partial charge in [0.25, 0.3) is 0 Å². The third kappa shape index (κ3) is 3.63. The number of rotatable bonds is 4. The third-order valence-corrected chi connectivity index (χ3v) is 6.07. The van der Waals surface area contributed by atoms with Crippen molar-refractivity contribution in [1.82, 2.24) is 10.2 Å². The lowest BCUT2D eigenvalue weighted by Crippen LogP contribution is -2.42. The largest absolute Gasteiger partial charge is 0.309 e. The van der Waals surface area contributed by atoms with E-state index in [0.29, 0.717) is 5.41 Å². The molecule has 2 fully saturated rings. The smallest absolute Gasteiger partial charge is 0.0302 e. The van der Waals surface area contributed by atoms with Crippen LogP contribution in [0.5, 0.6) is 0 Å². The summed E-state index contributed by atoms with van der Waals surface area (Å²) in [5.74, 6) is 0. The Bertz CT molecular complexity index is 434. The zero-order valence-electron chi connectivity index (χ0n) is 13.1. The van der Waals surface area contributed by atoms with E-state index in [1.165, 1.54) is 48.5 Å². The highest BCUT2D eigenvalue weighted by Crippen LogP contribution is 2.30. The van der Waals surface area contributed by atoms with Gasteiger partial charge >= 0.3 is 0 Å². The van der Waals surface area contributed by atoms with Crippen LogP contribution in [0.1, 0.15) is 56.2 Å². The highest BCUT2D eigenvalue weighted by atomic mass is 32.1. The first-order chi connectivity index (χ1) is 9.52. The molecule has 0 spiro atoms. The van der Waals surface area contributed by atoms with Gasteiger partial charge in [0.05, 0.1) is 0 Å². The molecule has 1 saturated heterocycles. The number of nitrogens with one attached hydrogen (secondary N) is 1. The summed E-state index contributed by atoms with van der Waals surface area (Å²) < 4.78 is 0. The minimum absolute atomic E-state index is 0.290. The summed E-state index contributed by atoms with van der Waals surface area (Å²) in [5, 5.41) is 3.77. The van der Waals surface area contributed by atoms with E-state index in [1.807, 2.05) is 11.3 Å². The molecule has 112 valence electrons. The summed E-state index contributed by atoms with van der Waals surface area (Å²) in [6, 6.07) is 6.28. The van der Waals surface area contributed by atoms with Crippen LogP contribution in [0.25, 0.3) is 0 Å². The van der Waals surface area contributed by atoms with Crippen molar-refractivity contribution in [2.24, 2.45) is 0 Å². The van der Waals surface area contributed by atoms with Crippen LogP contribution in [0.2, 0.25) is 0 Å². The minimum atomic E-state index is 0.290. The number of thiophene rings is 1. The van der Waals surface area contributed by atoms with Gasteiger partial charge in [0.15, 0.2) is 0 Å². The van der Waals surface area contributed by atoms with E-state index < -0.39 is 0 Å². The predicted octanol–water partition coefficient (Wildman–Crippen LogP) is 3.76. The zero-order valence-corrected chi connectivity index (χ0v) is 13.9. The monoisotopic (exact) mass is 292 g/mol. The average molecular weight is 292 g/mol. The highest BCUT2D eigenvalue weighted by molar-refractivity contribution is 7.12. The van der Waals surface area contributed by atoms with Crippen LogP contribution in [0, 0.1) is 0 Å². The van der Waals surface area contributed by atoms with Crippen LogP contribution in [-0.2, 0) is 12.0 Å².